The van der Waals surface area contributed by atoms with Crippen LogP contribution in [0.3, 0.4) is 0 Å². The molecule has 0 spiro atoms. The van der Waals surface area contributed by atoms with Gasteiger partial charge in [0.25, 0.3) is 0 Å². The van der Waals surface area contributed by atoms with Crippen molar-refractivity contribution in [1.82, 2.24) is 25.4 Å². The maximum absolute atomic E-state index is 4.44. The van der Waals surface area contributed by atoms with E-state index in [0.29, 0.717) is 5.95 Å². The van der Waals surface area contributed by atoms with E-state index in [4.69, 9.17) is 0 Å². The minimum atomic E-state index is 0.605. The van der Waals surface area contributed by atoms with Gasteiger partial charge in [-0.15, -0.1) is 10.2 Å². The van der Waals surface area contributed by atoms with Crippen LogP contribution >= 0.6 is 0 Å². The lowest BCUT2D eigenvalue weighted by atomic mass is 10.3. The molecule has 19 heavy (non-hydrogen) atoms. The highest BCUT2D eigenvalue weighted by molar-refractivity contribution is 5.73. The zero-order valence-corrected chi connectivity index (χ0v) is 10.8. The first kappa shape index (κ1) is 12.3. The highest BCUT2D eigenvalue weighted by Crippen LogP contribution is 2.08. The molecule has 0 unspecified atom stereocenters. The topological polar surface area (TPSA) is 66.0 Å². The van der Waals surface area contributed by atoms with Crippen LogP contribution in [0.1, 0.15) is 0 Å². The molecular formula is C13H18N6. The molecule has 1 aliphatic rings. The van der Waals surface area contributed by atoms with Crippen molar-refractivity contribution in [1.29, 1.82) is 0 Å². The SMILES string of the molecule is c1ccc2nc(NCCN3CCNCC3)nnc2c1. The molecule has 6 heteroatoms. The predicted molar refractivity (Wildman–Crippen MR) is 75.1 cm³/mol. The minimum Gasteiger partial charge on any atom is -0.352 e. The van der Waals surface area contributed by atoms with E-state index in [0.717, 1.165) is 50.3 Å². The number of para-hydroxylation sites is 1. The van der Waals surface area contributed by atoms with Crippen molar-refractivity contribution in [3.8, 4) is 0 Å². The van der Waals surface area contributed by atoms with E-state index in [1.54, 1.807) is 0 Å². The fraction of sp³-hybridized carbons (Fsp3) is 0.462. The lowest BCUT2D eigenvalue weighted by Gasteiger charge is -2.26. The van der Waals surface area contributed by atoms with Gasteiger partial charge in [-0.3, -0.25) is 4.90 Å². The second-order valence-corrected chi connectivity index (χ2v) is 4.64. The Morgan fingerprint density at radius 2 is 1.89 bits per heavy atom. The van der Waals surface area contributed by atoms with Crippen molar-refractivity contribution >= 4 is 17.0 Å². The zero-order valence-electron chi connectivity index (χ0n) is 10.8. The molecule has 0 aliphatic carbocycles. The van der Waals surface area contributed by atoms with E-state index >= 15 is 0 Å². The fourth-order valence-corrected chi connectivity index (χ4v) is 2.22. The molecule has 0 amide bonds. The van der Waals surface area contributed by atoms with Gasteiger partial charge in [0.2, 0.25) is 5.95 Å². The molecule has 0 saturated carbocycles. The van der Waals surface area contributed by atoms with Gasteiger partial charge in [0.1, 0.15) is 5.52 Å². The van der Waals surface area contributed by atoms with Crippen LogP contribution in [0, 0.1) is 0 Å². The molecule has 2 aromatic rings. The quantitative estimate of drug-likeness (QED) is 0.824. The van der Waals surface area contributed by atoms with Crippen LogP contribution in [-0.4, -0.2) is 59.3 Å². The van der Waals surface area contributed by atoms with Gasteiger partial charge in [-0.25, -0.2) is 4.98 Å². The van der Waals surface area contributed by atoms with Gasteiger partial charge in [-0.05, 0) is 12.1 Å². The molecule has 6 nitrogen and oxygen atoms in total. The Kier molecular flexibility index (Phi) is 3.81. The third-order valence-electron chi connectivity index (χ3n) is 3.28. The maximum atomic E-state index is 4.44. The van der Waals surface area contributed by atoms with Crippen molar-refractivity contribution in [2.75, 3.05) is 44.6 Å². The van der Waals surface area contributed by atoms with Gasteiger partial charge in [0.15, 0.2) is 0 Å². The monoisotopic (exact) mass is 258 g/mol. The Labute approximate surface area is 112 Å². The third kappa shape index (κ3) is 3.15. The van der Waals surface area contributed by atoms with Crippen molar-refractivity contribution < 1.29 is 0 Å². The molecule has 1 aliphatic heterocycles. The second-order valence-electron chi connectivity index (χ2n) is 4.64. The Hall–Kier alpha value is -1.79. The van der Waals surface area contributed by atoms with Gasteiger partial charge in [-0.1, -0.05) is 12.1 Å². The van der Waals surface area contributed by atoms with Crippen molar-refractivity contribution in [2.45, 2.75) is 0 Å². The standard InChI is InChI=1S/C13H18N6/c1-2-4-12-11(3-1)16-13(18-17-12)15-7-10-19-8-5-14-6-9-19/h1-4,14H,5-10H2,(H,15,16,18). The van der Waals surface area contributed by atoms with E-state index in [9.17, 15) is 0 Å². The average Bonchev–Trinajstić information content (AvgIpc) is 2.48. The molecule has 0 bridgehead atoms. The molecule has 1 fully saturated rings. The number of benzene rings is 1. The van der Waals surface area contributed by atoms with E-state index in [-0.39, 0.29) is 0 Å². The van der Waals surface area contributed by atoms with Crippen molar-refractivity contribution in [3.05, 3.63) is 24.3 Å². The number of anilines is 1. The van der Waals surface area contributed by atoms with E-state index in [1.807, 2.05) is 24.3 Å². The summed E-state index contributed by atoms with van der Waals surface area (Å²) in [4.78, 5) is 6.87. The van der Waals surface area contributed by atoms with Crippen LogP contribution in [0.4, 0.5) is 5.95 Å². The molecule has 0 radical (unpaired) electrons. The number of fused-ring (bicyclic) bond motifs is 1. The Morgan fingerprint density at radius 3 is 2.74 bits per heavy atom. The molecule has 1 aromatic carbocycles. The van der Waals surface area contributed by atoms with Gasteiger partial charge < -0.3 is 10.6 Å². The second kappa shape index (κ2) is 5.90. The normalized spacial score (nSPS) is 16.6. The van der Waals surface area contributed by atoms with Gasteiger partial charge in [0, 0.05) is 39.3 Å². The first-order chi connectivity index (χ1) is 9.42. The van der Waals surface area contributed by atoms with E-state index < -0.39 is 0 Å². The third-order valence-corrected chi connectivity index (χ3v) is 3.28. The first-order valence-corrected chi connectivity index (χ1v) is 6.68. The summed E-state index contributed by atoms with van der Waals surface area (Å²) in [6.07, 6.45) is 0. The van der Waals surface area contributed by atoms with Crippen molar-refractivity contribution in [2.24, 2.45) is 0 Å². The lowest BCUT2D eigenvalue weighted by Crippen LogP contribution is -2.45. The Balaban J connectivity index is 1.56. The summed E-state index contributed by atoms with van der Waals surface area (Å²) in [5, 5.41) is 14.8. The number of hydrogen-bond donors (Lipinski definition) is 2. The van der Waals surface area contributed by atoms with Gasteiger partial charge >= 0.3 is 0 Å². The van der Waals surface area contributed by atoms with Crippen LogP contribution in [0.25, 0.3) is 11.0 Å². The smallest absolute Gasteiger partial charge is 0.243 e. The van der Waals surface area contributed by atoms with Crippen LogP contribution in [-0.2, 0) is 0 Å². The van der Waals surface area contributed by atoms with Crippen LogP contribution in [0.15, 0.2) is 24.3 Å². The summed E-state index contributed by atoms with van der Waals surface area (Å²) < 4.78 is 0. The van der Waals surface area contributed by atoms with Crippen LogP contribution in [0.5, 0.6) is 0 Å². The van der Waals surface area contributed by atoms with Gasteiger partial charge in [0.05, 0.1) is 5.52 Å². The van der Waals surface area contributed by atoms with Crippen LogP contribution in [0.2, 0.25) is 0 Å². The molecule has 2 N–H and O–H groups in total. The number of hydrogen-bond acceptors (Lipinski definition) is 6. The summed E-state index contributed by atoms with van der Waals surface area (Å²) >= 11 is 0. The molecule has 3 rings (SSSR count). The fourth-order valence-electron chi connectivity index (χ4n) is 2.22. The number of rotatable bonds is 4. The zero-order chi connectivity index (χ0) is 12.9. The first-order valence-electron chi connectivity index (χ1n) is 6.68. The summed E-state index contributed by atoms with van der Waals surface area (Å²) in [6, 6.07) is 7.77. The predicted octanol–water partition coefficient (Wildman–Crippen LogP) is 0.342. The summed E-state index contributed by atoms with van der Waals surface area (Å²) in [5.74, 6) is 0.605. The lowest BCUT2D eigenvalue weighted by molar-refractivity contribution is 0.249. The molecule has 2 heterocycles. The Bertz CT molecular complexity index is 537. The van der Waals surface area contributed by atoms with Crippen LogP contribution < -0.4 is 10.6 Å². The number of nitrogens with one attached hydrogen (secondary N) is 2. The van der Waals surface area contributed by atoms with Gasteiger partial charge in [-0.2, -0.15) is 0 Å². The van der Waals surface area contributed by atoms with E-state index in [2.05, 4.69) is 30.7 Å². The molecule has 1 saturated heterocycles. The molecule has 1 aromatic heterocycles. The molecular weight excluding hydrogens is 240 g/mol. The minimum absolute atomic E-state index is 0.605. The maximum Gasteiger partial charge on any atom is 0.243 e. The highest BCUT2D eigenvalue weighted by atomic mass is 15.3. The average molecular weight is 258 g/mol. The van der Waals surface area contributed by atoms with E-state index in [1.165, 1.54) is 0 Å². The van der Waals surface area contributed by atoms with Crippen molar-refractivity contribution in [3.63, 3.8) is 0 Å². The number of aromatic nitrogens is 3. The summed E-state index contributed by atoms with van der Waals surface area (Å²) in [5.41, 5.74) is 1.71. The number of piperazine rings is 1. The number of nitrogens with zero attached hydrogens (tertiary/aromatic N) is 4. The molecule has 100 valence electrons. The molecule has 0 atom stereocenters. The summed E-state index contributed by atoms with van der Waals surface area (Å²) in [7, 11) is 0. The largest absolute Gasteiger partial charge is 0.352 e. The Morgan fingerprint density at radius 1 is 1.11 bits per heavy atom. The highest BCUT2D eigenvalue weighted by Gasteiger charge is 2.08. The summed E-state index contributed by atoms with van der Waals surface area (Å²) in [6.45, 7) is 6.23.